The van der Waals surface area contributed by atoms with E-state index in [0.29, 0.717) is 17.9 Å². The van der Waals surface area contributed by atoms with Gasteiger partial charge in [0.2, 0.25) is 5.91 Å². The maximum Gasteiger partial charge on any atom is 0.227 e. The van der Waals surface area contributed by atoms with Gasteiger partial charge in [-0.15, -0.1) is 0 Å². The summed E-state index contributed by atoms with van der Waals surface area (Å²) in [4.78, 5) is 24.7. The Balaban J connectivity index is 1.60. The van der Waals surface area contributed by atoms with Crippen LogP contribution in [-0.4, -0.2) is 73.1 Å². The fourth-order valence-corrected chi connectivity index (χ4v) is 3.71. The van der Waals surface area contributed by atoms with Crippen LogP contribution in [0.1, 0.15) is 5.56 Å². The van der Waals surface area contributed by atoms with Gasteiger partial charge >= 0.3 is 0 Å². The summed E-state index contributed by atoms with van der Waals surface area (Å²) in [7, 11) is 5.33. The molecule has 3 heterocycles. The van der Waals surface area contributed by atoms with E-state index in [1.54, 1.807) is 14.2 Å². The molecule has 1 N–H and O–H groups in total. The van der Waals surface area contributed by atoms with E-state index in [0.717, 1.165) is 53.9 Å². The van der Waals surface area contributed by atoms with E-state index in [4.69, 9.17) is 9.47 Å². The highest BCUT2D eigenvalue weighted by molar-refractivity contribution is 5.89. The summed E-state index contributed by atoms with van der Waals surface area (Å²) in [6, 6.07) is 7.87. The maximum atomic E-state index is 12.8. The van der Waals surface area contributed by atoms with Crippen LogP contribution in [0.3, 0.4) is 0 Å². The number of hydrogen-bond donors (Lipinski definition) is 1. The predicted octanol–water partition coefficient (Wildman–Crippen LogP) is 2.56. The van der Waals surface area contributed by atoms with Crippen molar-refractivity contribution in [3.05, 3.63) is 42.2 Å². The normalized spacial score (nSPS) is 14.9. The Labute approximate surface area is 170 Å². The van der Waals surface area contributed by atoms with Crippen molar-refractivity contribution in [2.45, 2.75) is 6.42 Å². The number of methoxy groups -OCH3 is 2. The SMILES string of the molecule is COc1ccc(-c2cnc3[nH]cc(CC(=O)N4CCN(C)CC4)c3c2)cc1OC. The van der Waals surface area contributed by atoms with Crippen molar-refractivity contribution in [1.29, 1.82) is 0 Å². The molecule has 0 spiro atoms. The van der Waals surface area contributed by atoms with Crippen LogP contribution in [0.25, 0.3) is 22.2 Å². The summed E-state index contributed by atoms with van der Waals surface area (Å²) >= 11 is 0. The van der Waals surface area contributed by atoms with Crippen molar-refractivity contribution in [2.24, 2.45) is 0 Å². The summed E-state index contributed by atoms with van der Waals surface area (Å²) in [5.41, 5.74) is 3.70. The number of hydrogen-bond acceptors (Lipinski definition) is 5. The van der Waals surface area contributed by atoms with Crippen molar-refractivity contribution in [3.8, 4) is 22.6 Å². The van der Waals surface area contributed by atoms with Crippen LogP contribution in [0.2, 0.25) is 0 Å². The third-order valence-electron chi connectivity index (χ3n) is 5.53. The number of piperazine rings is 1. The number of aromatic amines is 1. The highest BCUT2D eigenvalue weighted by Crippen LogP contribution is 2.33. The fourth-order valence-electron chi connectivity index (χ4n) is 3.71. The average Bonchev–Trinajstić information content (AvgIpc) is 3.15. The molecule has 7 heteroatoms. The number of nitrogens with one attached hydrogen (secondary N) is 1. The molecule has 0 radical (unpaired) electrons. The number of carbonyl (C=O) groups excluding carboxylic acids is 1. The summed E-state index contributed by atoms with van der Waals surface area (Å²) in [5, 5.41) is 0.972. The first kappa shape index (κ1) is 19.3. The van der Waals surface area contributed by atoms with Gasteiger partial charge in [0.25, 0.3) is 0 Å². The summed E-state index contributed by atoms with van der Waals surface area (Å²) in [5.74, 6) is 1.52. The van der Waals surface area contributed by atoms with Gasteiger partial charge in [0.1, 0.15) is 5.65 Å². The third kappa shape index (κ3) is 3.91. The number of fused-ring (bicyclic) bond motifs is 1. The molecule has 1 aromatic carbocycles. The van der Waals surface area contributed by atoms with Crippen LogP contribution in [0.15, 0.2) is 36.7 Å². The van der Waals surface area contributed by atoms with Gasteiger partial charge in [0.05, 0.1) is 20.6 Å². The largest absolute Gasteiger partial charge is 0.493 e. The molecule has 7 nitrogen and oxygen atoms in total. The molecule has 1 fully saturated rings. The Morgan fingerprint density at radius 3 is 2.55 bits per heavy atom. The molecule has 1 amide bonds. The second-order valence-electron chi connectivity index (χ2n) is 7.36. The second-order valence-corrected chi connectivity index (χ2v) is 7.36. The number of likely N-dealkylation sites (N-methyl/N-ethyl adjacent to an activating group) is 1. The van der Waals surface area contributed by atoms with Crippen LogP contribution in [0, 0.1) is 0 Å². The molecular formula is C22H26N4O3. The first-order valence-electron chi connectivity index (χ1n) is 9.73. The summed E-state index contributed by atoms with van der Waals surface area (Å²) in [6.45, 7) is 3.41. The number of rotatable bonds is 5. The molecular weight excluding hydrogens is 368 g/mol. The highest BCUT2D eigenvalue weighted by Gasteiger charge is 2.20. The number of amides is 1. The first-order chi connectivity index (χ1) is 14.1. The van der Waals surface area contributed by atoms with Gasteiger partial charge in [0.15, 0.2) is 11.5 Å². The smallest absolute Gasteiger partial charge is 0.227 e. The number of pyridine rings is 1. The Morgan fingerprint density at radius 1 is 1.07 bits per heavy atom. The van der Waals surface area contributed by atoms with Crippen molar-refractivity contribution in [2.75, 3.05) is 47.4 Å². The monoisotopic (exact) mass is 394 g/mol. The van der Waals surface area contributed by atoms with Crippen LogP contribution < -0.4 is 9.47 Å². The minimum atomic E-state index is 0.163. The van der Waals surface area contributed by atoms with Crippen LogP contribution >= 0.6 is 0 Å². The van der Waals surface area contributed by atoms with E-state index in [2.05, 4.69) is 28.0 Å². The van der Waals surface area contributed by atoms with Gasteiger partial charge in [-0.25, -0.2) is 4.98 Å². The molecule has 1 aliphatic heterocycles. The molecule has 0 aliphatic carbocycles. The Morgan fingerprint density at radius 2 is 1.83 bits per heavy atom. The lowest BCUT2D eigenvalue weighted by Crippen LogP contribution is -2.47. The van der Waals surface area contributed by atoms with Gasteiger partial charge in [-0.05, 0) is 36.4 Å². The summed E-state index contributed by atoms with van der Waals surface area (Å²) in [6.07, 6.45) is 4.09. The van der Waals surface area contributed by atoms with Crippen molar-refractivity contribution >= 4 is 16.9 Å². The molecule has 1 aliphatic rings. The topological polar surface area (TPSA) is 70.7 Å². The lowest BCUT2D eigenvalue weighted by atomic mass is 10.0. The van der Waals surface area contributed by atoms with E-state index in [1.807, 2.05) is 35.5 Å². The van der Waals surface area contributed by atoms with Gasteiger partial charge in [0, 0.05) is 49.5 Å². The standard InChI is InChI=1S/C22H26N4O3/c1-25-6-8-26(9-7-25)21(27)12-17-14-24-22-18(17)10-16(13-23-22)15-4-5-19(28-2)20(11-15)29-3/h4-5,10-11,13-14H,6-9,12H2,1-3H3,(H,23,24). The zero-order chi connectivity index (χ0) is 20.4. The number of ether oxygens (including phenoxy) is 2. The number of carbonyl (C=O) groups is 1. The van der Waals surface area contributed by atoms with Gasteiger partial charge in [-0.2, -0.15) is 0 Å². The zero-order valence-electron chi connectivity index (χ0n) is 17.1. The first-order valence-corrected chi connectivity index (χ1v) is 9.73. The molecule has 0 bridgehead atoms. The lowest BCUT2D eigenvalue weighted by Gasteiger charge is -2.32. The van der Waals surface area contributed by atoms with E-state index < -0.39 is 0 Å². The molecule has 3 aromatic rings. The van der Waals surface area contributed by atoms with Crippen LogP contribution in [0.5, 0.6) is 11.5 Å². The number of aromatic nitrogens is 2. The van der Waals surface area contributed by atoms with Crippen molar-refractivity contribution < 1.29 is 14.3 Å². The van der Waals surface area contributed by atoms with Crippen LogP contribution in [0.4, 0.5) is 0 Å². The van der Waals surface area contributed by atoms with Gasteiger partial charge in [-0.1, -0.05) is 6.07 Å². The molecule has 0 atom stereocenters. The molecule has 1 saturated heterocycles. The second kappa shape index (κ2) is 8.13. The van der Waals surface area contributed by atoms with Gasteiger partial charge < -0.3 is 24.3 Å². The van der Waals surface area contributed by atoms with Crippen molar-refractivity contribution in [1.82, 2.24) is 19.8 Å². The quantitative estimate of drug-likeness (QED) is 0.720. The molecule has 4 rings (SSSR count). The van der Waals surface area contributed by atoms with Crippen LogP contribution in [-0.2, 0) is 11.2 Å². The number of nitrogens with zero attached hydrogens (tertiary/aromatic N) is 3. The predicted molar refractivity (Wildman–Crippen MR) is 112 cm³/mol. The Kier molecular flexibility index (Phi) is 5.40. The average molecular weight is 394 g/mol. The molecule has 152 valence electrons. The number of benzene rings is 1. The van der Waals surface area contributed by atoms with E-state index >= 15 is 0 Å². The molecule has 0 unspecified atom stereocenters. The molecule has 2 aromatic heterocycles. The highest BCUT2D eigenvalue weighted by atomic mass is 16.5. The zero-order valence-corrected chi connectivity index (χ0v) is 17.1. The Hall–Kier alpha value is -3.06. The lowest BCUT2D eigenvalue weighted by molar-refractivity contribution is -0.132. The molecule has 0 saturated carbocycles. The Bertz CT molecular complexity index is 1020. The van der Waals surface area contributed by atoms with Crippen molar-refractivity contribution in [3.63, 3.8) is 0 Å². The number of H-pyrrole nitrogens is 1. The van der Waals surface area contributed by atoms with E-state index in [1.165, 1.54) is 0 Å². The fraction of sp³-hybridized carbons (Fsp3) is 0.364. The van der Waals surface area contributed by atoms with E-state index in [9.17, 15) is 4.79 Å². The minimum absolute atomic E-state index is 0.163. The third-order valence-corrected chi connectivity index (χ3v) is 5.53. The van der Waals surface area contributed by atoms with E-state index in [-0.39, 0.29) is 5.91 Å². The minimum Gasteiger partial charge on any atom is -0.493 e. The molecule has 29 heavy (non-hydrogen) atoms. The van der Waals surface area contributed by atoms with Gasteiger partial charge in [-0.3, -0.25) is 4.79 Å². The summed E-state index contributed by atoms with van der Waals surface area (Å²) < 4.78 is 10.7. The maximum absolute atomic E-state index is 12.8.